The topological polar surface area (TPSA) is 55.8 Å². The van der Waals surface area contributed by atoms with Gasteiger partial charge in [-0.25, -0.2) is 9.18 Å². The van der Waals surface area contributed by atoms with Crippen LogP contribution < -0.4 is 9.64 Å². The van der Waals surface area contributed by atoms with Crippen LogP contribution in [0.1, 0.15) is 18.1 Å². The number of ether oxygens (including phenoxy) is 2. The Labute approximate surface area is 191 Å². The first-order valence-corrected chi connectivity index (χ1v) is 10.4. The number of para-hydroxylation sites is 1. The maximum Gasteiger partial charge on any atom is 0.340 e. The number of benzene rings is 3. The molecular formula is C27H22FNO4. The average molecular weight is 443 g/mol. The van der Waals surface area contributed by atoms with Crippen LogP contribution in [-0.4, -0.2) is 19.0 Å². The molecule has 0 spiro atoms. The Morgan fingerprint density at radius 2 is 1.73 bits per heavy atom. The lowest BCUT2D eigenvalue weighted by atomic mass is 10.0. The molecule has 0 aliphatic carbocycles. The van der Waals surface area contributed by atoms with Crippen molar-refractivity contribution in [2.24, 2.45) is 0 Å². The summed E-state index contributed by atoms with van der Waals surface area (Å²) in [7, 11) is 1.24. The molecule has 4 rings (SSSR count). The van der Waals surface area contributed by atoms with Gasteiger partial charge >= 0.3 is 5.97 Å². The molecule has 3 aromatic carbocycles. The van der Waals surface area contributed by atoms with Gasteiger partial charge in [-0.3, -0.25) is 9.69 Å². The maximum absolute atomic E-state index is 14.5. The first-order chi connectivity index (χ1) is 16.0. The highest BCUT2D eigenvalue weighted by molar-refractivity contribution is 6.23. The minimum absolute atomic E-state index is 0.0738. The average Bonchev–Trinajstić information content (AvgIpc) is 3.07. The number of nitrogens with zero attached hydrogens (tertiary/aromatic N) is 1. The highest BCUT2D eigenvalue weighted by Gasteiger charge is 2.38. The van der Waals surface area contributed by atoms with E-state index in [9.17, 15) is 14.0 Å². The fraction of sp³-hybridized carbons (Fsp3) is 0.111. The summed E-state index contributed by atoms with van der Waals surface area (Å²) >= 11 is 0. The summed E-state index contributed by atoms with van der Waals surface area (Å²) in [5.41, 5.74) is 2.29. The number of rotatable bonds is 6. The third-order valence-corrected chi connectivity index (χ3v) is 5.30. The lowest BCUT2D eigenvalue weighted by molar-refractivity contribution is -0.136. The molecule has 1 amide bonds. The van der Waals surface area contributed by atoms with E-state index >= 15 is 0 Å². The van der Waals surface area contributed by atoms with Gasteiger partial charge in [0, 0.05) is 5.70 Å². The van der Waals surface area contributed by atoms with Crippen LogP contribution in [0, 0.1) is 5.82 Å². The van der Waals surface area contributed by atoms with Crippen molar-refractivity contribution >= 4 is 23.6 Å². The third-order valence-electron chi connectivity index (χ3n) is 5.30. The van der Waals surface area contributed by atoms with Gasteiger partial charge in [-0.2, -0.15) is 0 Å². The molecule has 6 heteroatoms. The monoisotopic (exact) mass is 443 g/mol. The molecule has 1 heterocycles. The Morgan fingerprint density at radius 1 is 1.00 bits per heavy atom. The molecule has 0 unspecified atom stereocenters. The first-order valence-electron chi connectivity index (χ1n) is 10.4. The van der Waals surface area contributed by atoms with Crippen LogP contribution in [-0.2, 0) is 20.9 Å². The Morgan fingerprint density at radius 3 is 2.45 bits per heavy atom. The summed E-state index contributed by atoms with van der Waals surface area (Å²) in [5, 5.41) is 0. The molecule has 0 radical (unpaired) electrons. The van der Waals surface area contributed by atoms with Gasteiger partial charge < -0.3 is 9.47 Å². The summed E-state index contributed by atoms with van der Waals surface area (Å²) in [4.78, 5) is 27.0. The summed E-state index contributed by atoms with van der Waals surface area (Å²) in [5.74, 6) is -1.12. The normalized spacial score (nSPS) is 14.7. The Balaban J connectivity index is 1.68. The van der Waals surface area contributed by atoms with Crippen molar-refractivity contribution in [3.63, 3.8) is 0 Å². The van der Waals surface area contributed by atoms with E-state index in [2.05, 4.69) is 0 Å². The predicted octanol–water partition coefficient (Wildman–Crippen LogP) is 5.28. The summed E-state index contributed by atoms with van der Waals surface area (Å²) < 4.78 is 25.2. The van der Waals surface area contributed by atoms with Crippen molar-refractivity contribution in [2.45, 2.75) is 13.5 Å². The Kier molecular flexibility index (Phi) is 6.36. The highest BCUT2D eigenvalue weighted by Crippen LogP contribution is 2.36. The van der Waals surface area contributed by atoms with Crippen LogP contribution in [0.3, 0.4) is 0 Å². The quantitative estimate of drug-likeness (QED) is 0.384. The van der Waals surface area contributed by atoms with Crippen molar-refractivity contribution in [1.29, 1.82) is 0 Å². The molecule has 3 aromatic rings. The number of carbonyl (C=O) groups excluding carboxylic acids is 2. The molecule has 0 saturated heterocycles. The Hall–Kier alpha value is -4.19. The Bertz CT molecular complexity index is 1260. The number of hydrogen-bond acceptors (Lipinski definition) is 4. The zero-order valence-electron chi connectivity index (χ0n) is 18.2. The van der Waals surface area contributed by atoms with Crippen molar-refractivity contribution in [3.8, 4) is 5.75 Å². The van der Waals surface area contributed by atoms with Gasteiger partial charge in [0.1, 0.15) is 18.2 Å². The smallest absolute Gasteiger partial charge is 0.340 e. The largest absolute Gasteiger partial charge is 0.489 e. The number of esters is 1. The molecule has 0 saturated carbocycles. The second kappa shape index (κ2) is 9.53. The maximum atomic E-state index is 14.5. The zero-order valence-corrected chi connectivity index (χ0v) is 18.2. The highest BCUT2D eigenvalue weighted by atomic mass is 19.1. The summed E-state index contributed by atoms with van der Waals surface area (Å²) in [6.07, 6.45) is 1.59. The van der Waals surface area contributed by atoms with Crippen molar-refractivity contribution < 1.29 is 23.5 Å². The number of carbonyl (C=O) groups is 2. The lowest BCUT2D eigenvalue weighted by Gasteiger charge is -2.18. The molecule has 0 N–H and O–H groups in total. The molecule has 1 aliphatic rings. The van der Waals surface area contributed by atoms with Crippen LogP contribution in [0.15, 0.2) is 95.7 Å². The standard InChI is InChI=1S/C27H22FNO4/c1-18-25(27(31)32-2)22(26(30)29(18)24-14-7-6-13-23(24)28)16-20-11-8-12-21(15-20)33-17-19-9-4-3-5-10-19/h3-16H,17H2,1-2H3/b22-16-. The second-order valence-corrected chi connectivity index (χ2v) is 7.45. The fourth-order valence-electron chi connectivity index (χ4n) is 3.70. The summed E-state index contributed by atoms with van der Waals surface area (Å²) in [6.45, 7) is 1.99. The van der Waals surface area contributed by atoms with Crippen LogP contribution in [0.25, 0.3) is 6.08 Å². The SMILES string of the molecule is COC(=O)C1=C(C)N(c2ccccc2F)C(=O)/C1=C\c1cccc(OCc2ccccc2)c1. The number of methoxy groups -OCH3 is 1. The second-order valence-electron chi connectivity index (χ2n) is 7.45. The predicted molar refractivity (Wildman–Crippen MR) is 124 cm³/mol. The van der Waals surface area contributed by atoms with E-state index in [1.54, 1.807) is 37.3 Å². The van der Waals surface area contributed by atoms with Gasteiger partial charge in [-0.05, 0) is 48.4 Å². The van der Waals surface area contributed by atoms with Gasteiger partial charge in [0.15, 0.2) is 0 Å². The molecule has 1 aliphatic heterocycles. The van der Waals surface area contributed by atoms with Crippen molar-refractivity contribution in [2.75, 3.05) is 12.0 Å². The molecule has 166 valence electrons. The van der Waals surface area contributed by atoms with Gasteiger partial charge in [-0.1, -0.05) is 54.6 Å². The van der Waals surface area contributed by atoms with Gasteiger partial charge in [-0.15, -0.1) is 0 Å². The molecule has 0 fully saturated rings. The molecular weight excluding hydrogens is 421 g/mol. The minimum atomic E-state index is -0.664. The van der Waals surface area contributed by atoms with Gasteiger partial charge in [0.2, 0.25) is 0 Å². The molecule has 5 nitrogen and oxygen atoms in total. The number of anilines is 1. The van der Waals surface area contributed by atoms with E-state index < -0.39 is 17.7 Å². The molecule has 0 atom stereocenters. The van der Waals surface area contributed by atoms with Crippen LogP contribution in [0.5, 0.6) is 5.75 Å². The molecule has 0 aromatic heterocycles. The number of allylic oxidation sites excluding steroid dienone is 1. The van der Waals surface area contributed by atoms with E-state index in [1.807, 2.05) is 36.4 Å². The first kappa shape index (κ1) is 22.0. The van der Waals surface area contributed by atoms with E-state index in [1.165, 1.54) is 30.2 Å². The number of halogens is 1. The third kappa shape index (κ3) is 4.55. The van der Waals surface area contributed by atoms with Crippen LogP contribution in [0.2, 0.25) is 0 Å². The fourth-order valence-corrected chi connectivity index (χ4v) is 3.70. The number of hydrogen-bond donors (Lipinski definition) is 0. The van der Waals surface area contributed by atoms with Crippen molar-refractivity contribution in [1.82, 2.24) is 0 Å². The minimum Gasteiger partial charge on any atom is -0.489 e. The number of amides is 1. The molecule has 0 bridgehead atoms. The zero-order chi connectivity index (χ0) is 23.4. The van der Waals surface area contributed by atoms with Crippen LogP contribution in [0.4, 0.5) is 10.1 Å². The summed E-state index contributed by atoms with van der Waals surface area (Å²) in [6, 6.07) is 22.9. The molecule has 33 heavy (non-hydrogen) atoms. The lowest BCUT2D eigenvalue weighted by Crippen LogP contribution is -2.25. The van der Waals surface area contributed by atoms with Gasteiger partial charge in [0.25, 0.3) is 5.91 Å². The van der Waals surface area contributed by atoms with Crippen LogP contribution >= 0.6 is 0 Å². The van der Waals surface area contributed by atoms with E-state index in [4.69, 9.17) is 9.47 Å². The van der Waals surface area contributed by atoms with E-state index in [0.29, 0.717) is 23.6 Å². The van der Waals surface area contributed by atoms with E-state index in [-0.39, 0.29) is 16.8 Å². The van der Waals surface area contributed by atoms with Gasteiger partial charge in [0.05, 0.1) is 23.9 Å². The van der Waals surface area contributed by atoms with Crippen molar-refractivity contribution in [3.05, 3.63) is 113 Å². The van der Waals surface area contributed by atoms with E-state index in [0.717, 1.165) is 5.56 Å².